The molecule has 3 rings (SSSR count). The summed E-state index contributed by atoms with van der Waals surface area (Å²) in [6.45, 7) is 0. The van der Waals surface area contributed by atoms with Gasteiger partial charge in [0.25, 0.3) is 0 Å². The van der Waals surface area contributed by atoms with Crippen molar-refractivity contribution in [3.05, 3.63) is 83.7 Å². The fraction of sp³-hybridized carbons (Fsp3) is 0.0909. The molecule has 0 saturated carbocycles. The Hall–Kier alpha value is -4.16. The Morgan fingerprint density at radius 3 is 2.18 bits per heavy atom. The molecule has 6 nitrogen and oxygen atoms in total. The number of rotatable bonds is 5. The minimum atomic E-state index is -0.584. The SMILES string of the molecule is CN(C)/C=C(/C#N)C(=O)c1nn(-c2ccccc2)c(-c2ccccc2)c1C#N. The molecular weight excluding hydrogens is 350 g/mol. The van der Waals surface area contributed by atoms with E-state index in [4.69, 9.17) is 0 Å². The summed E-state index contributed by atoms with van der Waals surface area (Å²) in [5.41, 5.74) is 2.00. The predicted molar refractivity (Wildman–Crippen MR) is 105 cm³/mol. The molecule has 1 heterocycles. The van der Waals surface area contributed by atoms with Crippen molar-refractivity contribution in [1.29, 1.82) is 10.5 Å². The third kappa shape index (κ3) is 3.53. The molecule has 28 heavy (non-hydrogen) atoms. The molecule has 0 amide bonds. The number of carbonyl (C=O) groups is 1. The van der Waals surface area contributed by atoms with E-state index in [1.54, 1.807) is 23.7 Å². The normalized spacial score (nSPS) is 10.8. The van der Waals surface area contributed by atoms with E-state index in [0.717, 1.165) is 5.56 Å². The summed E-state index contributed by atoms with van der Waals surface area (Å²) in [6.07, 6.45) is 1.42. The predicted octanol–water partition coefficient (Wildman–Crippen LogP) is 3.56. The minimum absolute atomic E-state index is 0.0418. The highest BCUT2D eigenvalue weighted by Gasteiger charge is 2.27. The zero-order valence-corrected chi connectivity index (χ0v) is 15.5. The first-order valence-electron chi connectivity index (χ1n) is 8.53. The lowest BCUT2D eigenvalue weighted by atomic mass is 10.0. The standard InChI is InChI=1S/C22H17N5O/c1-26(2)15-17(13-23)22(28)20-19(14-24)21(16-9-5-3-6-10-16)27(25-20)18-11-7-4-8-12-18/h3-12,15H,1-2H3/b17-15-. The van der Waals surface area contributed by atoms with Crippen LogP contribution in [0.5, 0.6) is 0 Å². The van der Waals surface area contributed by atoms with Gasteiger partial charge in [-0.15, -0.1) is 0 Å². The topological polar surface area (TPSA) is 85.7 Å². The largest absolute Gasteiger partial charge is 0.382 e. The van der Waals surface area contributed by atoms with E-state index < -0.39 is 5.78 Å². The summed E-state index contributed by atoms with van der Waals surface area (Å²) in [4.78, 5) is 14.6. The quantitative estimate of drug-likeness (QED) is 0.391. The van der Waals surface area contributed by atoms with Crippen LogP contribution in [0.15, 0.2) is 72.4 Å². The fourth-order valence-corrected chi connectivity index (χ4v) is 2.83. The lowest BCUT2D eigenvalue weighted by Crippen LogP contribution is -2.10. The number of ketones is 1. The highest BCUT2D eigenvalue weighted by atomic mass is 16.1. The number of hydrogen-bond acceptors (Lipinski definition) is 5. The first-order chi connectivity index (χ1) is 13.6. The van der Waals surface area contributed by atoms with Gasteiger partial charge in [-0.1, -0.05) is 48.5 Å². The molecule has 0 aliphatic rings. The maximum atomic E-state index is 13.0. The molecule has 2 aromatic carbocycles. The summed E-state index contributed by atoms with van der Waals surface area (Å²) in [5, 5.41) is 23.7. The molecule has 1 aromatic heterocycles. The van der Waals surface area contributed by atoms with Gasteiger partial charge in [0, 0.05) is 25.9 Å². The minimum Gasteiger partial charge on any atom is -0.382 e. The Labute approximate surface area is 163 Å². The van der Waals surface area contributed by atoms with Gasteiger partial charge in [0.15, 0.2) is 5.69 Å². The maximum Gasteiger partial charge on any atom is 0.226 e. The molecule has 0 aliphatic heterocycles. The van der Waals surface area contributed by atoms with Crippen LogP contribution in [0.2, 0.25) is 0 Å². The highest BCUT2D eigenvalue weighted by molar-refractivity contribution is 6.12. The number of benzene rings is 2. The summed E-state index contributed by atoms with van der Waals surface area (Å²) in [6, 6.07) is 22.6. The van der Waals surface area contributed by atoms with Crippen LogP contribution in [0.1, 0.15) is 16.1 Å². The highest BCUT2D eigenvalue weighted by Crippen LogP contribution is 2.29. The number of carbonyl (C=O) groups excluding carboxylic acids is 1. The van der Waals surface area contributed by atoms with Crippen molar-refractivity contribution in [3.63, 3.8) is 0 Å². The van der Waals surface area contributed by atoms with E-state index in [-0.39, 0.29) is 16.8 Å². The number of para-hydroxylation sites is 1. The van der Waals surface area contributed by atoms with Crippen LogP contribution in [-0.4, -0.2) is 34.6 Å². The van der Waals surface area contributed by atoms with E-state index in [1.165, 1.54) is 6.20 Å². The number of nitrogens with zero attached hydrogens (tertiary/aromatic N) is 5. The van der Waals surface area contributed by atoms with Gasteiger partial charge in [0.05, 0.1) is 11.4 Å². The average molecular weight is 367 g/mol. The molecule has 0 atom stereocenters. The smallest absolute Gasteiger partial charge is 0.226 e. The van der Waals surface area contributed by atoms with Gasteiger partial charge >= 0.3 is 0 Å². The van der Waals surface area contributed by atoms with E-state index >= 15 is 0 Å². The van der Waals surface area contributed by atoms with Crippen molar-refractivity contribution in [2.24, 2.45) is 0 Å². The molecule has 0 fully saturated rings. The zero-order chi connectivity index (χ0) is 20.1. The molecule has 0 saturated heterocycles. The van der Waals surface area contributed by atoms with Crippen molar-refractivity contribution < 1.29 is 4.79 Å². The van der Waals surface area contributed by atoms with Gasteiger partial charge < -0.3 is 4.90 Å². The summed E-state index contributed by atoms with van der Waals surface area (Å²) in [7, 11) is 3.43. The molecule has 3 aromatic rings. The number of nitriles is 2. The molecule has 0 unspecified atom stereocenters. The van der Waals surface area contributed by atoms with Crippen LogP contribution in [0.4, 0.5) is 0 Å². The Morgan fingerprint density at radius 2 is 1.64 bits per heavy atom. The van der Waals surface area contributed by atoms with E-state index in [9.17, 15) is 15.3 Å². The van der Waals surface area contributed by atoms with Gasteiger partial charge in [-0.3, -0.25) is 4.79 Å². The molecular formula is C22H17N5O. The van der Waals surface area contributed by atoms with Crippen LogP contribution < -0.4 is 0 Å². The van der Waals surface area contributed by atoms with Gasteiger partial charge in [-0.2, -0.15) is 15.6 Å². The fourth-order valence-electron chi connectivity index (χ4n) is 2.83. The van der Waals surface area contributed by atoms with Crippen LogP contribution >= 0.6 is 0 Å². The zero-order valence-electron chi connectivity index (χ0n) is 15.5. The molecule has 136 valence electrons. The van der Waals surface area contributed by atoms with E-state index in [2.05, 4.69) is 11.2 Å². The van der Waals surface area contributed by atoms with Crippen LogP contribution in [0.3, 0.4) is 0 Å². The molecule has 0 spiro atoms. The molecule has 0 N–H and O–H groups in total. The van der Waals surface area contributed by atoms with Gasteiger partial charge in [-0.25, -0.2) is 4.68 Å². The Kier molecular flexibility index (Phi) is 5.34. The second-order valence-corrected chi connectivity index (χ2v) is 6.24. The van der Waals surface area contributed by atoms with Crippen molar-refractivity contribution >= 4 is 5.78 Å². The monoisotopic (exact) mass is 367 g/mol. The molecule has 0 bridgehead atoms. The molecule has 0 radical (unpaired) electrons. The third-order valence-corrected chi connectivity index (χ3v) is 4.01. The van der Waals surface area contributed by atoms with Gasteiger partial charge in [0.1, 0.15) is 23.3 Å². The third-order valence-electron chi connectivity index (χ3n) is 4.01. The van der Waals surface area contributed by atoms with Crippen LogP contribution in [0, 0.1) is 22.7 Å². The second kappa shape index (κ2) is 8.03. The lowest BCUT2D eigenvalue weighted by Gasteiger charge is -2.07. The Bertz CT molecular complexity index is 1110. The first kappa shape index (κ1) is 18.6. The van der Waals surface area contributed by atoms with Crippen LogP contribution in [0.25, 0.3) is 16.9 Å². The number of hydrogen-bond donors (Lipinski definition) is 0. The van der Waals surface area contributed by atoms with Crippen LogP contribution in [-0.2, 0) is 0 Å². The summed E-state index contributed by atoms with van der Waals surface area (Å²) >= 11 is 0. The Morgan fingerprint density at radius 1 is 1.04 bits per heavy atom. The van der Waals surface area contributed by atoms with E-state index in [0.29, 0.717) is 11.4 Å². The van der Waals surface area contributed by atoms with Crippen molar-refractivity contribution in [2.45, 2.75) is 0 Å². The van der Waals surface area contributed by atoms with Crippen molar-refractivity contribution in [1.82, 2.24) is 14.7 Å². The van der Waals surface area contributed by atoms with Gasteiger partial charge in [0.2, 0.25) is 5.78 Å². The Balaban J connectivity index is 2.29. The number of aromatic nitrogens is 2. The molecule has 6 heteroatoms. The second-order valence-electron chi connectivity index (χ2n) is 6.24. The molecule has 0 aliphatic carbocycles. The van der Waals surface area contributed by atoms with Gasteiger partial charge in [-0.05, 0) is 12.1 Å². The first-order valence-corrected chi connectivity index (χ1v) is 8.53. The summed E-state index contributed by atoms with van der Waals surface area (Å²) in [5.74, 6) is -0.584. The average Bonchev–Trinajstić information content (AvgIpc) is 3.12. The van der Waals surface area contributed by atoms with Crippen molar-refractivity contribution in [2.75, 3.05) is 14.1 Å². The van der Waals surface area contributed by atoms with Crippen molar-refractivity contribution in [3.8, 4) is 29.1 Å². The maximum absolute atomic E-state index is 13.0. The van der Waals surface area contributed by atoms with E-state index in [1.807, 2.05) is 66.7 Å². The number of allylic oxidation sites excluding steroid dienone is 1. The lowest BCUT2D eigenvalue weighted by molar-refractivity contribution is 0.103. The summed E-state index contributed by atoms with van der Waals surface area (Å²) < 4.78 is 1.58. The number of Topliss-reactive ketones (excluding diaryl/α,β-unsaturated/α-hetero) is 1.